The van der Waals surface area contributed by atoms with Gasteiger partial charge in [0.1, 0.15) is 5.76 Å². The number of hydrogen-bond acceptors (Lipinski definition) is 3. The first-order valence-corrected chi connectivity index (χ1v) is 7.35. The zero-order valence-electron chi connectivity index (χ0n) is 12.2. The Hall–Kier alpha value is -2.07. The Kier molecular flexibility index (Phi) is 4.06. The van der Waals surface area contributed by atoms with E-state index in [9.17, 15) is 4.79 Å². The van der Waals surface area contributed by atoms with Gasteiger partial charge in [0.15, 0.2) is 0 Å². The fraction of sp³-hybridized carbons (Fsp3) is 0.353. The summed E-state index contributed by atoms with van der Waals surface area (Å²) in [6, 6.07) is 11.9. The maximum Gasteiger partial charge on any atom is 0.239 e. The average Bonchev–Trinajstić information content (AvgIpc) is 3.05. The van der Waals surface area contributed by atoms with Gasteiger partial charge in [-0.2, -0.15) is 0 Å². The summed E-state index contributed by atoms with van der Waals surface area (Å²) in [5.41, 5.74) is 2.62. The molecule has 2 heterocycles. The summed E-state index contributed by atoms with van der Waals surface area (Å²) >= 11 is 0. The van der Waals surface area contributed by atoms with E-state index in [1.54, 1.807) is 6.26 Å². The first kappa shape index (κ1) is 13.9. The van der Waals surface area contributed by atoms with Crippen LogP contribution in [0.25, 0.3) is 0 Å². The van der Waals surface area contributed by atoms with Crippen molar-refractivity contribution < 1.29 is 9.21 Å². The highest BCUT2D eigenvalue weighted by Gasteiger charge is 2.24. The Balaban J connectivity index is 1.58. The van der Waals surface area contributed by atoms with Crippen molar-refractivity contribution in [2.24, 2.45) is 0 Å². The Morgan fingerprint density at radius 2 is 2.10 bits per heavy atom. The van der Waals surface area contributed by atoms with Crippen LogP contribution in [0.15, 0.2) is 47.1 Å². The van der Waals surface area contributed by atoms with Crippen molar-refractivity contribution in [3.8, 4) is 0 Å². The molecule has 110 valence electrons. The lowest BCUT2D eigenvalue weighted by Crippen LogP contribution is -2.46. The molecule has 0 unspecified atom stereocenters. The van der Waals surface area contributed by atoms with Gasteiger partial charge in [-0.15, -0.1) is 0 Å². The van der Waals surface area contributed by atoms with Crippen LogP contribution in [0.3, 0.4) is 0 Å². The largest absolute Gasteiger partial charge is 0.468 e. The standard InChI is InChI=1S/C17H20N2O2/c1-13(18-11-16-7-4-10-21-16)17(20)19-9-8-14-5-2-3-6-15(14)12-19/h2-7,10,13,18H,8-9,11-12H2,1H3/t13-/m1/s1. The maximum atomic E-state index is 12.5. The minimum atomic E-state index is -0.208. The van der Waals surface area contributed by atoms with Crippen LogP contribution in [-0.4, -0.2) is 23.4 Å². The van der Waals surface area contributed by atoms with Crippen LogP contribution in [0, 0.1) is 0 Å². The number of carbonyl (C=O) groups excluding carboxylic acids is 1. The van der Waals surface area contributed by atoms with Gasteiger partial charge in [-0.05, 0) is 36.6 Å². The molecular weight excluding hydrogens is 264 g/mol. The van der Waals surface area contributed by atoms with E-state index in [1.165, 1.54) is 11.1 Å². The SMILES string of the molecule is C[C@@H](NCc1ccco1)C(=O)N1CCc2ccccc2C1. The molecule has 1 atom stereocenters. The van der Waals surface area contributed by atoms with Crippen molar-refractivity contribution in [2.75, 3.05) is 6.54 Å². The molecule has 0 aliphatic carbocycles. The number of nitrogens with one attached hydrogen (secondary N) is 1. The highest BCUT2D eigenvalue weighted by Crippen LogP contribution is 2.19. The third kappa shape index (κ3) is 3.16. The summed E-state index contributed by atoms with van der Waals surface area (Å²) in [7, 11) is 0. The molecule has 0 radical (unpaired) electrons. The lowest BCUT2D eigenvalue weighted by molar-refractivity contribution is -0.134. The number of carbonyl (C=O) groups is 1. The first-order chi connectivity index (χ1) is 10.2. The molecule has 3 rings (SSSR count). The predicted molar refractivity (Wildman–Crippen MR) is 80.6 cm³/mol. The number of benzene rings is 1. The predicted octanol–water partition coefficient (Wildman–Crippen LogP) is 2.34. The van der Waals surface area contributed by atoms with Crippen molar-refractivity contribution in [3.05, 3.63) is 59.5 Å². The quantitative estimate of drug-likeness (QED) is 0.937. The number of amides is 1. The van der Waals surface area contributed by atoms with Gasteiger partial charge in [0.25, 0.3) is 0 Å². The fourth-order valence-corrected chi connectivity index (χ4v) is 2.71. The normalized spacial score (nSPS) is 15.6. The first-order valence-electron chi connectivity index (χ1n) is 7.35. The van der Waals surface area contributed by atoms with Gasteiger partial charge in [-0.1, -0.05) is 24.3 Å². The number of fused-ring (bicyclic) bond motifs is 1. The van der Waals surface area contributed by atoms with Crippen LogP contribution >= 0.6 is 0 Å². The van der Waals surface area contributed by atoms with E-state index >= 15 is 0 Å². The summed E-state index contributed by atoms with van der Waals surface area (Å²) in [6.45, 7) is 3.99. The fourth-order valence-electron chi connectivity index (χ4n) is 2.71. The van der Waals surface area contributed by atoms with Crippen LogP contribution in [0.4, 0.5) is 0 Å². The number of rotatable bonds is 4. The van der Waals surface area contributed by atoms with Gasteiger partial charge in [-0.3, -0.25) is 10.1 Å². The molecule has 0 saturated carbocycles. The molecule has 1 aromatic carbocycles. The lowest BCUT2D eigenvalue weighted by atomic mass is 9.99. The molecule has 1 amide bonds. The molecule has 4 heteroatoms. The molecule has 0 spiro atoms. The van der Waals surface area contributed by atoms with Crippen molar-refractivity contribution >= 4 is 5.91 Å². The molecule has 1 aromatic heterocycles. The molecule has 1 aliphatic heterocycles. The van der Waals surface area contributed by atoms with Crippen molar-refractivity contribution in [1.29, 1.82) is 0 Å². The van der Waals surface area contributed by atoms with E-state index < -0.39 is 0 Å². The Morgan fingerprint density at radius 1 is 1.29 bits per heavy atom. The summed E-state index contributed by atoms with van der Waals surface area (Å²) in [6.07, 6.45) is 2.58. The Labute approximate surface area is 124 Å². The van der Waals surface area contributed by atoms with E-state index in [0.717, 1.165) is 18.7 Å². The number of furan rings is 1. The maximum absolute atomic E-state index is 12.5. The number of nitrogens with zero attached hydrogens (tertiary/aromatic N) is 1. The summed E-state index contributed by atoms with van der Waals surface area (Å²) in [5, 5.41) is 3.22. The monoisotopic (exact) mass is 284 g/mol. The van der Waals surface area contributed by atoms with Gasteiger partial charge >= 0.3 is 0 Å². The van der Waals surface area contributed by atoms with E-state index in [0.29, 0.717) is 13.1 Å². The Bertz CT molecular complexity index is 607. The molecule has 0 bridgehead atoms. The zero-order chi connectivity index (χ0) is 14.7. The van der Waals surface area contributed by atoms with Crippen molar-refractivity contribution in [1.82, 2.24) is 10.2 Å². The lowest BCUT2D eigenvalue weighted by Gasteiger charge is -2.31. The minimum absolute atomic E-state index is 0.149. The average molecular weight is 284 g/mol. The van der Waals surface area contributed by atoms with E-state index in [4.69, 9.17) is 4.42 Å². The second-order valence-electron chi connectivity index (χ2n) is 5.46. The molecule has 0 saturated heterocycles. The topological polar surface area (TPSA) is 45.5 Å². The highest BCUT2D eigenvalue weighted by molar-refractivity contribution is 5.81. The van der Waals surface area contributed by atoms with Crippen LogP contribution < -0.4 is 5.32 Å². The smallest absolute Gasteiger partial charge is 0.239 e. The molecule has 21 heavy (non-hydrogen) atoms. The van der Waals surface area contributed by atoms with Gasteiger partial charge in [0, 0.05) is 13.1 Å². The van der Waals surface area contributed by atoms with E-state index in [1.807, 2.05) is 30.0 Å². The molecular formula is C17H20N2O2. The van der Waals surface area contributed by atoms with Crippen LogP contribution in [0.1, 0.15) is 23.8 Å². The molecule has 0 fully saturated rings. The van der Waals surface area contributed by atoms with E-state index in [-0.39, 0.29) is 11.9 Å². The summed E-state index contributed by atoms with van der Waals surface area (Å²) < 4.78 is 5.27. The highest BCUT2D eigenvalue weighted by atomic mass is 16.3. The molecule has 2 aromatic rings. The van der Waals surface area contributed by atoms with Crippen molar-refractivity contribution in [2.45, 2.75) is 32.5 Å². The minimum Gasteiger partial charge on any atom is -0.468 e. The van der Waals surface area contributed by atoms with Gasteiger partial charge in [0.2, 0.25) is 5.91 Å². The molecule has 4 nitrogen and oxygen atoms in total. The Morgan fingerprint density at radius 3 is 2.86 bits per heavy atom. The van der Waals surface area contributed by atoms with E-state index in [2.05, 4.69) is 23.5 Å². The van der Waals surface area contributed by atoms with Crippen molar-refractivity contribution in [3.63, 3.8) is 0 Å². The zero-order valence-corrected chi connectivity index (χ0v) is 12.2. The van der Waals surface area contributed by atoms with Gasteiger partial charge in [0.05, 0.1) is 18.8 Å². The second-order valence-corrected chi connectivity index (χ2v) is 5.46. The second kappa shape index (κ2) is 6.14. The van der Waals surface area contributed by atoms with Crippen LogP contribution in [0.5, 0.6) is 0 Å². The van der Waals surface area contributed by atoms with Gasteiger partial charge in [-0.25, -0.2) is 0 Å². The summed E-state index contributed by atoms with van der Waals surface area (Å²) in [5.74, 6) is 0.995. The molecule has 1 aliphatic rings. The summed E-state index contributed by atoms with van der Waals surface area (Å²) in [4.78, 5) is 14.4. The van der Waals surface area contributed by atoms with Crippen LogP contribution in [-0.2, 0) is 24.3 Å². The van der Waals surface area contributed by atoms with Gasteiger partial charge < -0.3 is 9.32 Å². The van der Waals surface area contributed by atoms with Crippen LogP contribution in [0.2, 0.25) is 0 Å². The third-order valence-electron chi connectivity index (χ3n) is 3.98. The third-order valence-corrected chi connectivity index (χ3v) is 3.98. The number of hydrogen-bond donors (Lipinski definition) is 1. The molecule has 1 N–H and O–H groups in total.